The quantitative estimate of drug-likeness (QED) is 0.350. The van der Waals surface area contributed by atoms with Gasteiger partial charge in [0.25, 0.3) is 0 Å². The molecule has 0 aliphatic heterocycles. The lowest BCUT2D eigenvalue weighted by Crippen LogP contribution is -2.36. The zero-order valence-electron chi connectivity index (χ0n) is 13.7. The van der Waals surface area contributed by atoms with Crippen molar-refractivity contribution >= 4 is 6.03 Å². The van der Waals surface area contributed by atoms with Crippen LogP contribution in [0.4, 0.5) is 4.79 Å². The van der Waals surface area contributed by atoms with Gasteiger partial charge in [-0.1, -0.05) is 44.9 Å². The van der Waals surface area contributed by atoms with Gasteiger partial charge in [0, 0.05) is 13.1 Å². The summed E-state index contributed by atoms with van der Waals surface area (Å²) >= 11 is 0. The van der Waals surface area contributed by atoms with Crippen LogP contribution < -0.4 is 22.1 Å². The predicted molar refractivity (Wildman–Crippen MR) is 90.3 cm³/mol. The van der Waals surface area contributed by atoms with E-state index in [1.54, 1.807) is 0 Å². The van der Waals surface area contributed by atoms with Crippen LogP contribution >= 0.6 is 0 Å². The Morgan fingerprint density at radius 3 is 1.29 bits per heavy atom. The molecular formula is C16H36N4O. The average Bonchev–Trinajstić information content (AvgIpc) is 2.49. The van der Waals surface area contributed by atoms with Crippen molar-refractivity contribution < 1.29 is 4.79 Å². The minimum absolute atomic E-state index is 0.0277. The number of unbranched alkanes of at least 4 members (excludes halogenated alkanes) is 9. The van der Waals surface area contributed by atoms with Crippen molar-refractivity contribution in [2.24, 2.45) is 11.5 Å². The lowest BCUT2D eigenvalue weighted by molar-refractivity contribution is 0.240. The van der Waals surface area contributed by atoms with Crippen molar-refractivity contribution in [1.29, 1.82) is 0 Å². The number of amides is 2. The first-order chi connectivity index (χ1) is 10.3. The monoisotopic (exact) mass is 300 g/mol. The van der Waals surface area contributed by atoms with E-state index in [0.717, 1.165) is 51.9 Å². The summed E-state index contributed by atoms with van der Waals surface area (Å²) in [6.45, 7) is 3.13. The Kier molecular flexibility index (Phi) is 16.6. The first-order valence-corrected chi connectivity index (χ1v) is 8.73. The summed E-state index contributed by atoms with van der Waals surface area (Å²) in [6, 6.07) is -0.0277. The number of hydrogen-bond acceptors (Lipinski definition) is 3. The van der Waals surface area contributed by atoms with Gasteiger partial charge < -0.3 is 22.1 Å². The molecule has 0 aliphatic rings. The maximum absolute atomic E-state index is 11.5. The van der Waals surface area contributed by atoms with Gasteiger partial charge in [-0.05, 0) is 38.8 Å². The molecule has 21 heavy (non-hydrogen) atoms. The topological polar surface area (TPSA) is 93.2 Å². The molecule has 2 amide bonds. The molecule has 5 heteroatoms. The second kappa shape index (κ2) is 17.2. The molecule has 0 aromatic rings. The largest absolute Gasteiger partial charge is 0.338 e. The van der Waals surface area contributed by atoms with Gasteiger partial charge >= 0.3 is 6.03 Å². The number of carbonyl (C=O) groups is 1. The molecular weight excluding hydrogens is 264 g/mol. The van der Waals surface area contributed by atoms with E-state index in [-0.39, 0.29) is 6.03 Å². The molecule has 6 N–H and O–H groups in total. The van der Waals surface area contributed by atoms with Gasteiger partial charge in [0.2, 0.25) is 0 Å². The van der Waals surface area contributed by atoms with Gasteiger partial charge in [-0.25, -0.2) is 4.79 Å². The van der Waals surface area contributed by atoms with Crippen LogP contribution in [0.3, 0.4) is 0 Å². The van der Waals surface area contributed by atoms with Crippen LogP contribution in [0, 0.1) is 0 Å². The SMILES string of the molecule is NCCCCCCCCNC(=O)NCCCCCCCN. The molecule has 0 saturated heterocycles. The number of carbonyl (C=O) groups excluding carboxylic acids is 1. The van der Waals surface area contributed by atoms with E-state index < -0.39 is 0 Å². The van der Waals surface area contributed by atoms with E-state index in [4.69, 9.17) is 11.5 Å². The Balaban J connectivity index is 3.13. The summed E-state index contributed by atoms with van der Waals surface area (Å²) in [5.41, 5.74) is 10.9. The van der Waals surface area contributed by atoms with Crippen LogP contribution in [0.2, 0.25) is 0 Å². The van der Waals surface area contributed by atoms with Gasteiger partial charge in [-0.3, -0.25) is 0 Å². The standard InChI is InChI=1S/C16H36N4O/c17-12-8-4-1-2-6-10-14-19-16(21)20-15-11-7-3-5-9-13-18/h1-15,17-18H2,(H2,19,20,21). The van der Waals surface area contributed by atoms with Gasteiger partial charge in [-0.15, -0.1) is 0 Å². The third-order valence-corrected chi connectivity index (χ3v) is 3.58. The predicted octanol–water partition coefficient (Wildman–Crippen LogP) is 2.49. The molecule has 0 radical (unpaired) electrons. The molecule has 126 valence electrons. The molecule has 0 aromatic carbocycles. The third-order valence-electron chi connectivity index (χ3n) is 3.58. The highest BCUT2D eigenvalue weighted by atomic mass is 16.2. The van der Waals surface area contributed by atoms with E-state index in [9.17, 15) is 4.79 Å². The number of rotatable bonds is 15. The molecule has 0 heterocycles. The summed E-state index contributed by atoms with van der Waals surface area (Å²) in [4.78, 5) is 11.5. The first kappa shape index (κ1) is 20.2. The van der Waals surface area contributed by atoms with E-state index in [1.165, 1.54) is 44.9 Å². The highest BCUT2D eigenvalue weighted by molar-refractivity contribution is 5.73. The molecule has 0 rings (SSSR count). The highest BCUT2D eigenvalue weighted by Gasteiger charge is 1.98. The summed E-state index contributed by atoms with van der Waals surface area (Å²) < 4.78 is 0. The Morgan fingerprint density at radius 2 is 0.905 bits per heavy atom. The lowest BCUT2D eigenvalue weighted by atomic mass is 10.1. The number of hydrogen-bond donors (Lipinski definition) is 4. The van der Waals surface area contributed by atoms with Crippen molar-refractivity contribution in [3.63, 3.8) is 0 Å². The number of urea groups is 1. The second-order valence-corrected chi connectivity index (χ2v) is 5.65. The Hall–Kier alpha value is -0.810. The van der Waals surface area contributed by atoms with Crippen LogP contribution in [0.5, 0.6) is 0 Å². The molecule has 0 fully saturated rings. The van der Waals surface area contributed by atoms with E-state index >= 15 is 0 Å². The third kappa shape index (κ3) is 17.1. The zero-order chi connectivity index (χ0) is 15.6. The minimum atomic E-state index is -0.0277. The molecule has 0 saturated carbocycles. The number of nitrogens with two attached hydrogens (primary N) is 2. The van der Waals surface area contributed by atoms with Crippen molar-refractivity contribution in [2.45, 2.75) is 70.6 Å². The number of nitrogens with one attached hydrogen (secondary N) is 2. The van der Waals surface area contributed by atoms with Gasteiger partial charge in [-0.2, -0.15) is 0 Å². The minimum Gasteiger partial charge on any atom is -0.338 e. The zero-order valence-corrected chi connectivity index (χ0v) is 13.7. The smallest absolute Gasteiger partial charge is 0.314 e. The molecule has 0 aromatic heterocycles. The maximum Gasteiger partial charge on any atom is 0.314 e. The van der Waals surface area contributed by atoms with E-state index in [1.807, 2.05) is 0 Å². The van der Waals surface area contributed by atoms with Crippen LogP contribution in [-0.4, -0.2) is 32.2 Å². The van der Waals surface area contributed by atoms with E-state index in [0.29, 0.717) is 0 Å². The molecule has 0 spiro atoms. The molecule has 0 unspecified atom stereocenters. The van der Waals surface area contributed by atoms with Crippen molar-refractivity contribution in [2.75, 3.05) is 26.2 Å². The summed E-state index contributed by atoms with van der Waals surface area (Å²) in [6.07, 6.45) is 12.9. The molecule has 0 atom stereocenters. The van der Waals surface area contributed by atoms with E-state index in [2.05, 4.69) is 10.6 Å². The Labute approximate surface area is 130 Å². The Morgan fingerprint density at radius 1 is 0.571 bits per heavy atom. The molecule has 0 bridgehead atoms. The van der Waals surface area contributed by atoms with Gasteiger partial charge in [0.15, 0.2) is 0 Å². The van der Waals surface area contributed by atoms with Crippen molar-refractivity contribution in [3.8, 4) is 0 Å². The van der Waals surface area contributed by atoms with Crippen LogP contribution in [0.25, 0.3) is 0 Å². The normalized spacial score (nSPS) is 10.6. The highest BCUT2D eigenvalue weighted by Crippen LogP contribution is 2.04. The Bertz CT molecular complexity index is 224. The lowest BCUT2D eigenvalue weighted by Gasteiger charge is -2.07. The van der Waals surface area contributed by atoms with Crippen molar-refractivity contribution in [3.05, 3.63) is 0 Å². The fraction of sp³-hybridized carbons (Fsp3) is 0.938. The van der Waals surface area contributed by atoms with Gasteiger partial charge in [0.05, 0.1) is 0 Å². The second-order valence-electron chi connectivity index (χ2n) is 5.65. The van der Waals surface area contributed by atoms with Crippen molar-refractivity contribution in [1.82, 2.24) is 10.6 Å². The summed E-state index contributed by atoms with van der Waals surface area (Å²) in [7, 11) is 0. The van der Waals surface area contributed by atoms with Crippen LogP contribution in [0.15, 0.2) is 0 Å². The fourth-order valence-electron chi connectivity index (χ4n) is 2.24. The van der Waals surface area contributed by atoms with Crippen LogP contribution in [-0.2, 0) is 0 Å². The van der Waals surface area contributed by atoms with Crippen LogP contribution in [0.1, 0.15) is 70.6 Å². The summed E-state index contributed by atoms with van der Waals surface area (Å²) in [5, 5.41) is 5.81. The average molecular weight is 300 g/mol. The summed E-state index contributed by atoms with van der Waals surface area (Å²) in [5.74, 6) is 0. The first-order valence-electron chi connectivity index (χ1n) is 8.73. The maximum atomic E-state index is 11.5. The fourth-order valence-corrected chi connectivity index (χ4v) is 2.24. The molecule has 5 nitrogen and oxygen atoms in total. The van der Waals surface area contributed by atoms with Gasteiger partial charge in [0.1, 0.15) is 0 Å². The molecule has 0 aliphatic carbocycles.